The van der Waals surface area contributed by atoms with Crippen LogP contribution in [0.15, 0.2) is 54.6 Å². The van der Waals surface area contributed by atoms with E-state index in [-0.39, 0.29) is 5.91 Å². The topological polar surface area (TPSA) is 88.5 Å². The Morgan fingerprint density at radius 1 is 1.07 bits per heavy atom. The molecule has 2 aromatic carbocycles. The molecule has 29 heavy (non-hydrogen) atoms. The number of aryl methyl sites for hydroxylation is 1. The highest BCUT2D eigenvalue weighted by atomic mass is 32.1. The molecule has 5 rings (SSSR count). The Hall–Kier alpha value is -3.03. The largest absolute Gasteiger partial charge is 0.481 e. The number of carbonyl (C=O) groups excluding carboxylic acids is 1. The van der Waals surface area contributed by atoms with Crippen LogP contribution in [-0.4, -0.2) is 34.2 Å². The van der Waals surface area contributed by atoms with E-state index in [0.717, 1.165) is 20.8 Å². The van der Waals surface area contributed by atoms with Crippen LogP contribution < -0.4 is 5.32 Å². The van der Waals surface area contributed by atoms with Crippen molar-refractivity contribution in [1.29, 1.82) is 0 Å². The van der Waals surface area contributed by atoms with Gasteiger partial charge in [0.15, 0.2) is 0 Å². The number of aliphatic carboxylic acids is 1. The molecule has 2 aliphatic rings. The minimum absolute atomic E-state index is 0.336. The Morgan fingerprint density at radius 3 is 2.52 bits per heavy atom. The molecule has 2 bridgehead atoms. The van der Waals surface area contributed by atoms with Gasteiger partial charge in [0.25, 0.3) is 0 Å². The van der Waals surface area contributed by atoms with E-state index in [4.69, 9.17) is 4.74 Å². The first-order chi connectivity index (χ1) is 14.0. The Balaban J connectivity index is 1.34. The second kappa shape index (κ2) is 6.79. The molecule has 0 saturated carbocycles. The highest BCUT2D eigenvalue weighted by Gasteiger charge is 2.53. The standard InChI is InChI=1S/C22H18N2O4S/c1-11-2-7-14-17(10-11)29-21(24-14)12-3-5-13(6-4-12)23-20(25)18-15-8-9-16(28-15)19(18)22(26)27/h2-10,15-16,18-19H,1H3,(H,23,25)(H,26,27)/t15-,16-,18-,19-/m1/s1. The number of fused-ring (bicyclic) bond motifs is 3. The molecule has 2 aliphatic heterocycles. The van der Waals surface area contributed by atoms with Crippen molar-refractivity contribution >= 4 is 39.1 Å². The summed E-state index contributed by atoms with van der Waals surface area (Å²) in [4.78, 5) is 29.0. The lowest BCUT2D eigenvalue weighted by Crippen LogP contribution is -2.39. The summed E-state index contributed by atoms with van der Waals surface area (Å²) in [5, 5.41) is 13.2. The molecule has 6 nitrogen and oxygen atoms in total. The van der Waals surface area contributed by atoms with Crippen molar-refractivity contribution in [2.45, 2.75) is 19.1 Å². The number of anilines is 1. The maximum atomic E-state index is 12.7. The van der Waals surface area contributed by atoms with Crippen LogP contribution in [0.3, 0.4) is 0 Å². The number of benzene rings is 2. The third kappa shape index (κ3) is 3.12. The fourth-order valence-corrected chi connectivity index (χ4v) is 5.06. The van der Waals surface area contributed by atoms with Crippen LogP contribution in [0.2, 0.25) is 0 Å². The summed E-state index contributed by atoms with van der Waals surface area (Å²) >= 11 is 1.63. The van der Waals surface area contributed by atoms with Crippen LogP contribution >= 0.6 is 11.3 Å². The maximum absolute atomic E-state index is 12.7. The second-order valence-corrected chi connectivity index (χ2v) is 8.43. The van der Waals surface area contributed by atoms with Crippen LogP contribution in [0.5, 0.6) is 0 Å². The minimum Gasteiger partial charge on any atom is -0.481 e. The van der Waals surface area contributed by atoms with Gasteiger partial charge in [-0.25, -0.2) is 4.98 Å². The van der Waals surface area contributed by atoms with E-state index in [2.05, 4.69) is 23.3 Å². The molecule has 7 heteroatoms. The summed E-state index contributed by atoms with van der Waals surface area (Å²) in [5.74, 6) is -2.92. The predicted molar refractivity (Wildman–Crippen MR) is 111 cm³/mol. The third-order valence-electron chi connectivity index (χ3n) is 5.43. The van der Waals surface area contributed by atoms with Crippen molar-refractivity contribution < 1.29 is 19.4 Å². The SMILES string of the molecule is Cc1ccc2nc(-c3ccc(NC(=O)[C@H]4[C@H](C(=O)O)[C@H]5C=C[C@H]4O5)cc3)sc2c1. The predicted octanol–water partition coefficient (Wildman–Crippen LogP) is 3.86. The van der Waals surface area contributed by atoms with Crippen molar-refractivity contribution in [3.05, 3.63) is 60.2 Å². The molecule has 0 unspecified atom stereocenters. The zero-order valence-electron chi connectivity index (χ0n) is 15.5. The number of thiazole rings is 1. The van der Waals surface area contributed by atoms with E-state index in [1.165, 1.54) is 5.56 Å². The molecule has 0 spiro atoms. The van der Waals surface area contributed by atoms with Gasteiger partial charge < -0.3 is 15.2 Å². The molecule has 1 amide bonds. The Labute approximate surface area is 170 Å². The number of nitrogens with one attached hydrogen (secondary N) is 1. The van der Waals surface area contributed by atoms with E-state index >= 15 is 0 Å². The molecule has 0 radical (unpaired) electrons. The third-order valence-corrected chi connectivity index (χ3v) is 6.50. The summed E-state index contributed by atoms with van der Waals surface area (Å²) in [6, 6.07) is 13.6. The quantitative estimate of drug-likeness (QED) is 0.642. The molecule has 3 aromatic rings. The van der Waals surface area contributed by atoms with Crippen molar-refractivity contribution in [2.75, 3.05) is 5.32 Å². The average molecular weight is 406 g/mol. The number of ether oxygens (including phenoxy) is 1. The van der Waals surface area contributed by atoms with Gasteiger partial charge in [0.2, 0.25) is 5.91 Å². The van der Waals surface area contributed by atoms with E-state index in [9.17, 15) is 14.7 Å². The van der Waals surface area contributed by atoms with Crippen LogP contribution in [-0.2, 0) is 14.3 Å². The first-order valence-electron chi connectivity index (χ1n) is 9.35. The number of nitrogens with zero attached hydrogens (tertiary/aromatic N) is 1. The average Bonchev–Trinajstić information content (AvgIpc) is 3.42. The zero-order chi connectivity index (χ0) is 20.1. The van der Waals surface area contributed by atoms with Crippen molar-refractivity contribution in [3.8, 4) is 10.6 Å². The lowest BCUT2D eigenvalue weighted by molar-refractivity contribution is -0.145. The van der Waals surface area contributed by atoms with Crippen LogP contribution in [0.4, 0.5) is 5.69 Å². The molecule has 146 valence electrons. The number of carboxylic acid groups (broad SMARTS) is 1. The summed E-state index contributed by atoms with van der Waals surface area (Å²) in [6.45, 7) is 2.06. The van der Waals surface area contributed by atoms with Crippen molar-refractivity contribution in [2.24, 2.45) is 11.8 Å². The first kappa shape index (κ1) is 18.0. The lowest BCUT2D eigenvalue weighted by atomic mass is 9.82. The molecular weight excluding hydrogens is 388 g/mol. The lowest BCUT2D eigenvalue weighted by Gasteiger charge is -2.21. The normalized spacial score (nSPS) is 24.9. The van der Waals surface area contributed by atoms with Gasteiger partial charge in [-0.3, -0.25) is 9.59 Å². The Kier molecular flexibility index (Phi) is 4.22. The summed E-state index contributed by atoms with van der Waals surface area (Å²) in [6.07, 6.45) is 2.48. The van der Waals surface area contributed by atoms with Crippen LogP contribution in [0, 0.1) is 18.8 Å². The molecular formula is C22H18N2O4S. The number of carbonyl (C=O) groups is 2. The summed E-state index contributed by atoms with van der Waals surface area (Å²) in [5.41, 5.74) is 3.75. The molecule has 1 fully saturated rings. The summed E-state index contributed by atoms with van der Waals surface area (Å²) in [7, 11) is 0. The monoisotopic (exact) mass is 406 g/mol. The van der Waals surface area contributed by atoms with Gasteiger partial charge >= 0.3 is 5.97 Å². The minimum atomic E-state index is -1.01. The zero-order valence-corrected chi connectivity index (χ0v) is 16.3. The molecule has 4 atom stereocenters. The van der Waals surface area contributed by atoms with Gasteiger partial charge in [0.05, 0.1) is 28.3 Å². The fraction of sp³-hybridized carbons (Fsp3) is 0.227. The number of hydrogen-bond donors (Lipinski definition) is 2. The van der Waals surface area contributed by atoms with Crippen molar-refractivity contribution in [1.82, 2.24) is 4.98 Å². The Bertz CT molecular complexity index is 1150. The van der Waals surface area contributed by atoms with Crippen molar-refractivity contribution in [3.63, 3.8) is 0 Å². The van der Waals surface area contributed by atoms with Gasteiger partial charge in [0, 0.05) is 11.3 Å². The fourth-order valence-electron chi connectivity index (χ4n) is 3.99. The molecule has 0 aliphatic carbocycles. The van der Waals surface area contributed by atoms with Gasteiger partial charge in [0.1, 0.15) is 10.9 Å². The van der Waals surface area contributed by atoms with E-state index in [1.54, 1.807) is 23.5 Å². The number of carboxylic acids is 1. The Morgan fingerprint density at radius 2 is 1.79 bits per heavy atom. The van der Waals surface area contributed by atoms with E-state index in [1.807, 2.05) is 36.4 Å². The first-order valence-corrected chi connectivity index (χ1v) is 10.2. The smallest absolute Gasteiger partial charge is 0.310 e. The number of amides is 1. The van der Waals surface area contributed by atoms with Gasteiger partial charge in [-0.05, 0) is 48.9 Å². The molecule has 1 aromatic heterocycles. The molecule has 2 N–H and O–H groups in total. The van der Waals surface area contributed by atoms with Crippen LogP contribution in [0.25, 0.3) is 20.8 Å². The number of rotatable bonds is 4. The highest BCUT2D eigenvalue weighted by molar-refractivity contribution is 7.21. The van der Waals surface area contributed by atoms with E-state index in [0.29, 0.717) is 5.69 Å². The maximum Gasteiger partial charge on any atom is 0.310 e. The van der Waals surface area contributed by atoms with Gasteiger partial charge in [-0.1, -0.05) is 18.2 Å². The van der Waals surface area contributed by atoms with Gasteiger partial charge in [-0.15, -0.1) is 11.3 Å². The van der Waals surface area contributed by atoms with Crippen LogP contribution in [0.1, 0.15) is 5.56 Å². The number of hydrogen-bond acceptors (Lipinski definition) is 5. The highest BCUT2D eigenvalue weighted by Crippen LogP contribution is 2.40. The summed E-state index contributed by atoms with van der Waals surface area (Å²) < 4.78 is 6.71. The van der Waals surface area contributed by atoms with Gasteiger partial charge in [-0.2, -0.15) is 0 Å². The number of aromatic nitrogens is 1. The molecule has 1 saturated heterocycles. The second-order valence-electron chi connectivity index (χ2n) is 7.40. The van der Waals surface area contributed by atoms with E-state index < -0.39 is 30.0 Å². The molecule has 3 heterocycles.